The molecule has 0 saturated carbocycles. The van der Waals surface area contributed by atoms with Crippen LogP contribution in [0.4, 0.5) is 5.82 Å². The largest absolute Gasteiger partial charge is 0.604 e. The maximum absolute atomic E-state index is 12.7. The summed E-state index contributed by atoms with van der Waals surface area (Å²) in [7, 11) is 0. The number of nitrogen functional groups attached to an aromatic ring is 1. The molecule has 0 spiro atoms. The van der Waals surface area contributed by atoms with E-state index in [2.05, 4.69) is 15.0 Å². The molecular formula is C15H16N4OS. The van der Waals surface area contributed by atoms with Crippen molar-refractivity contribution in [3.8, 4) is 0 Å². The number of anilines is 1. The number of pyridine rings is 1. The molecule has 1 unspecified atom stereocenters. The maximum Gasteiger partial charge on any atom is 0.327 e. The van der Waals surface area contributed by atoms with Crippen LogP contribution in [0.3, 0.4) is 0 Å². The Hall–Kier alpha value is -2.05. The first-order valence-electron chi connectivity index (χ1n) is 6.57. The number of hydrogen-bond acceptors (Lipinski definition) is 4. The summed E-state index contributed by atoms with van der Waals surface area (Å²) in [6, 6.07) is 5.73. The number of rotatable bonds is 2. The van der Waals surface area contributed by atoms with Crippen LogP contribution in [0.2, 0.25) is 0 Å². The predicted octanol–water partition coefficient (Wildman–Crippen LogP) is 2.63. The second-order valence-electron chi connectivity index (χ2n) is 5.08. The Bertz CT molecular complexity index is 789. The zero-order valence-corrected chi connectivity index (χ0v) is 12.9. The Morgan fingerprint density at radius 1 is 1.19 bits per heavy atom. The van der Waals surface area contributed by atoms with Gasteiger partial charge in [0.15, 0.2) is 4.90 Å². The quantitative estimate of drug-likeness (QED) is 0.712. The minimum absolute atomic E-state index is 0.392. The molecule has 3 aromatic rings. The van der Waals surface area contributed by atoms with Crippen LogP contribution >= 0.6 is 0 Å². The molecule has 0 fully saturated rings. The highest BCUT2D eigenvalue weighted by Crippen LogP contribution is 2.26. The van der Waals surface area contributed by atoms with Crippen molar-refractivity contribution in [3.63, 3.8) is 0 Å². The Kier molecular flexibility index (Phi) is 3.35. The van der Waals surface area contributed by atoms with Gasteiger partial charge >= 0.3 is 5.16 Å². The first-order valence-corrected chi connectivity index (χ1v) is 7.72. The minimum atomic E-state index is -1.40. The molecule has 2 aromatic heterocycles. The molecule has 0 saturated heterocycles. The van der Waals surface area contributed by atoms with Gasteiger partial charge in [0.1, 0.15) is 5.82 Å². The first-order chi connectivity index (χ1) is 9.97. The van der Waals surface area contributed by atoms with Gasteiger partial charge in [-0.25, -0.2) is 4.98 Å². The van der Waals surface area contributed by atoms with Crippen LogP contribution in [0.1, 0.15) is 16.7 Å². The van der Waals surface area contributed by atoms with Crippen LogP contribution in [0, 0.1) is 20.8 Å². The molecule has 0 aliphatic heterocycles. The monoisotopic (exact) mass is 300 g/mol. The highest BCUT2D eigenvalue weighted by Gasteiger charge is 2.23. The van der Waals surface area contributed by atoms with E-state index in [1.807, 2.05) is 32.9 Å². The lowest BCUT2D eigenvalue weighted by Gasteiger charge is -2.09. The number of nitrogens with one attached hydrogen (secondary N) is 1. The number of fused-ring (bicyclic) bond motifs is 1. The lowest BCUT2D eigenvalue weighted by Crippen LogP contribution is -2.08. The van der Waals surface area contributed by atoms with Crippen molar-refractivity contribution in [1.82, 2.24) is 15.0 Å². The number of H-pyrrole nitrogens is 1. The van der Waals surface area contributed by atoms with Crippen molar-refractivity contribution < 1.29 is 4.55 Å². The number of aryl methyl sites for hydroxylation is 2. The highest BCUT2D eigenvalue weighted by molar-refractivity contribution is 7.91. The molecule has 0 aliphatic carbocycles. The lowest BCUT2D eigenvalue weighted by atomic mass is 10.1. The third kappa shape index (κ3) is 2.36. The van der Waals surface area contributed by atoms with Crippen LogP contribution in [-0.2, 0) is 11.2 Å². The zero-order chi connectivity index (χ0) is 15.1. The van der Waals surface area contributed by atoms with E-state index < -0.39 is 11.2 Å². The van der Waals surface area contributed by atoms with Gasteiger partial charge in [-0.1, -0.05) is 0 Å². The van der Waals surface area contributed by atoms with E-state index in [1.54, 1.807) is 12.3 Å². The Morgan fingerprint density at radius 2 is 1.90 bits per heavy atom. The van der Waals surface area contributed by atoms with E-state index in [9.17, 15) is 4.55 Å². The summed E-state index contributed by atoms with van der Waals surface area (Å²) in [5.74, 6) is 0.392. The third-order valence-electron chi connectivity index (χ3n) is 3.64. The van der Waals surface area contributed by atoms with E-state index in [1.165, 1.54) is 5.56 Å². The molecule has 0 radical (unpaired) electrons. The molecule has 1 atom stereocenters. The van der Waals surface area contributed by atoms with Gasteiger partial charge in [0.2, 0.25) is 0 Å². The summed E-state index contributed by atoms with van der Waals surface area (Å²) in [6.07, 6.45) is 1.56. The van der Waals surface area contributed by atoms with Crippen molar-refractivity contribution in [3.05, 3.63) is 41.1 Å². The average Bonchev–Trinajstić information content (AvgIpc) is 2.84. The van der Waals surface area contributed by atoms with Crippen LogP contribution < -0.4 is 5.73 Å². The van der Waals surface area contributed by atoms with Crippen LogP contribution in [0.5, 0.6) is 0 Å². The molecule has 1 aromatic carbocycles. The fourth-order valence-corrected chi connectivity index (χ4v) is 3.33. The van der Waals surface area contributed by atoms with Gasteiger partial charge in [-0.05, 0) is 44.0 Å². The molecule has 0 bridgehead atoms. The average molecular weight is 300 g/mol. The normalized spacial score (nSPS) is 12.8. The van der Waals surface area contributed by atoms with Crippen molar-refractivity contribution in [2.45, 2.75) is 30.8 Å². The first kappa shape index (κ1) is 13.9. The molecule has 0 aliphatic rings. The number of nitrogens with two attached hydrogens (primary N) is 1. The van der Waals surface area contributed by atoms with Gasteiger partial charge in [0.25, 0.3) is 0 Å². The van der Waals surface area contributed by atoms with Crippen molar-refractivity contribution in [2.24, 2.45) is 0 Å². The van der Waals surface area contributed by atoms with Gasteiger partial charge < -0.3 is 10.3 Å². The van der Waals surface area contributed by atoms with E-state index in [0.29, 0.717) is 15.9 Å². The fraction of sp³-hybridized carbons (Fsp3) is 0.200. The fourth-order valence-electron chi connectivity index (χ4n) is 2.17. The molecule has 0 amide bonds. The smallest absolute Gasteiger partial charge is 0.327 e. The summed E-state index contributed by atoms with van der Waals surface area (Å²) < 4.78 is 12.7. The molecule has 6 heteroatoms. The molecule has 2 heterocycles. The second kappa shape index (κ2) is 5.05. The van der Waals surface area contributed by atoms with Crippen molar-refractivity contribution in [1.29, 1.82) is 0 Å². The van der Waals surface area contributed by atoms with Crippen LogP contribution in [-0.4, -0.2) is 19.5 Å². The summed E-state index contributed by atoms with van der Waals surface area (Å²) >= 11 is -1.40. The molecule has 108 valence electrons. The topological polar surface area (TPSA) is 90.7 Å². The standard InChI is InChI=1S/C15H16N4OS/c1-8-6-11-12(7-9(8)2)19-15(18-11)21(20)13-4-5-17-14(16)10(13)3/h4-7H,1-3H3,(H2,16,17)(H,18,19). The van der Waals surface area contributed by atoms with Gasteiger partial charge in [-0.2, -0.15) is 4.98 Å². The summed E-state index contributed by atoms with van der Waals surface area (Å²) in [5, 5.41) is 0.434. The van der Waals surface area contributed by atoms with E-state index in [0.717, 1.165) is 22.2 Å². The molecular weight excluding hydrogens is 284 g/mol. The summed E-state index contributed by atoms with van der Waals surface area (Å²) in [4.78, 5) is 12.2. The minimum Gasteiger partial charge on any atom is -0.604 e. The maximum atomic E-state index is 12.7. The molecule has 3 N–H and O–H groups in total. The Balaban J connectivity index is 2.09. The second-order valence-corrected chi connectivity index (χ2v) is 6.45. The Labute approximate surface area is 125 Å². The third-order valence-corrected chi connectivity index (χ3v) is 5.03. The molecule has 5 nitrogen and oxygen atoms in total. The highest BCUT2D eigenvalue weighted by atomic mass is 32.2. The van der Waals surface area contributed by atoms with Gasteiger partial charge in [0.05, 0.1) is 22.2 Å². The van der Waals surface area contributed by atoms with Crippen LogP contribution in [0.15, 0.2) is 34.4 Å². The van der Waals surface area contributed by atoms with Gasteiger partial charge in [-0.15, -0.1) is 0 Å². The number of nitrogens with zero attached hydrogens (tertiary/aromatic N) is 2. The summed E-state index contributed by atoms with van der Waals surface area (Å²) in [6.45, 7) is 5.89. The Morgan fingerprint density at radius 3 is 2.67 bits per heavy atom. The van der Waals surface area contributed by atoms with Gasteiger partial charge in [-0.3, -0.25) is 4.98 Å². The van der Waals surface area contributed by atoms with Gasteiger partial charge in [0, 0.05) is 17.8 Å². The number of hydrogen-bond donors (Lipinski definition) is 2. The predicted molar refractivity (Wildman–Crippen MR) is 83.6 cm³/mol. The van der Waals surface area contributed by atoms with Crippen molar-refractivity contribution in [2.75, 3.05) is 5.73 Å². The number of imidazole rings is 1. The zero-order valence-electron chi connectivity index (χ0n) is 12.1. The number of aromatic nitrogens is 3. The van der Waals surface area contributed by atoms with Crippen LogP contribution in [0.25, 0.3) is 11.0 Å². The molecule has 21 heavy (non-hydrogen) atoms. The van der Waals surface area contributed by atoms with Crippen molar-refractivity contribution >= 4 is 28.0 Å². The SMILES string of the molecule is Cc1cc2nc([S+]([O-])c3ccnc(N)c3C)[nH]c2cc1C. The van der Waals surface area contributed by atoms with E-state index >= 15 is 0 Å². The van der Waals surface area contributed by atoms with E-state index in [4.69, 9.17) is 5.73 Å². The number of aromatic amines is 1. The number of benzene rings is 1. The molecule has 3 rings (SSSR count). The lowest BCUT2D eigenvalue weighted by molar-refractivity contribution is 0.587. The summed E-state index contributed by atoms with van der Waals surface area (Å²) in [5.41, 5.74) is 10.5. The van der Waals surface area contributed by atoms with E-state index in [-0.39, 0.29) is 0 Å².